The molecule has 0 spiro atoms. The standard InChI is InChI=1S/C22H25NO6.C18H20O5.C16H15ClN2O2S.2CH4/c1-12(27)23-19-5-3-13-7-14(9-24)17(10-25)18(11-26)22(13)15-4-6-21(29-2)20(28)8-16(15)19;1-23-18-5-4-12(8-17(18)22)2-3-13-6-14(9-19)16(11-21)15(7-13)10-20;17-15-10-18-16-12(2-1-3-14(15)16)7-4-11-5-8-13(9-6-11)19-22(20)21;;/h4,6-8,19,24-26H,3,5,9-11H2,1-2H3,(H,23,27);2-8,19-22H,9-11H2,1H3;1-3,5-6,8-10,18-19H,4,7H2,(H,20,21);2*1H4/p-1/b;3-2-;;;/t19-;;;;/m0..../s1. The zero-order chi connectivity index (χ0) is 53.5. The zero-order valence-electron chi connectivity index (χ0n) is 41.0. The largest absolute Gasteiger partial charge is 0.755 e. The van der Waals surface area contributed by atoms with Gasteiger partial charge in [-0.05, 0) is 152 Å². The number of anilines is 1. The first-order valence-corrected chi connectivity index (χ1v) is 24.9. The van der Waals surface area contributed by atoms with Gasteiger partial charge in [0.1, 0.15) is 0 Å². The van der Waals surface area contributed by atoms with Crippen LogP contribution in [0.4, 0.5) is 5.69 Å². The normalized spacial score (nSPS) is 12.8. The Hall–Kier alpha value is -6.90. The van der Waals surface area contributed by atoms with E-state index >= 15 is 0 Å². The average Bonchev–Trinajstić information content (AvgIpc) is 3.63. The third-order valence-electron chi connectivity index (χ3n) is 12.6. The predicted molar refractivity (Wildman–Crippen MR) is 298 cm³/mol. The number of fused-ring (bicyclic) bond motifs is 4. The number of aromatic hydroxyl groups is 1. The molecule has 8 rings (SSSR count). The molecule has 0 saturated carbocycles. The number of amides is 1. The number of carbonyl (C=O) groups excluding carboxylic acids is 1. The number of halogens is 1. The van der Waals surface area contributed by atoms with Gasteiger partial charge >= 0.3 is 0 Å². The van der Waals surface area contributed by atoms with Gasteiger partial charge in [0.2, 0.25) is 11.3 Å². The van der Waals surface area contributed by atoms with Gasteiger partial charge in [-0.2, -0.15) is 0 Å². The van der Waals surface area contributed by atoms with E-state index in [0.29, 0.717) is 74.3 Å². The van der Waals surface area contributed by atoms with Crippen molar-refractivity contribution in [1.82, 2.24) is 10.3 Å². The molecule has 2 atom stereocenters. The summed E-state index contributed by atoms with van der Waals surface area (Å²) in [7, 11) is 2.90. The van der Waals surface area contributed by atoms with E-state index < -0.39 is 17.3 Å². The Morgan fingerprint density at radius 1 is 0.750 bits per heavy atom. The maximum absolute atomic E-state index is 12.6. The maximum atomic E-state index is 12.6. The Balaban J connectivity index is 0.000000246. The number of aryl methyl sites for hydroxylation is 3. The quantitative estimate of drug-likeness (QED) is 0.0322. The van der Waals surface area contributed by atoms with Gasteiger partial charge in [-0.1, -0.05) is 87.1 Å². The lowest BCUT2D eigenvalue weighted by Crippen LogP contribution is -2.26. The first-order valence-electron chi connectivity index (χ1n) is 23.4. The number of methoxy groups -OCH3 is 2. The first kappa shape index (κ1) is 61.6. The second-order valence-electron chi connectivity index (χ2n) is 17.1. The Morgan fingerprint density at radius 2 is 1.37 bits per heavy atom. The molecule has 406 valence electrons. The summed E-state index contributed by atoms with van der Waals surface area (Å²) in [6.07, 6.45) is 8.27. The molecule has 76 heavy (non-hydrogen) atoms. The summed E-state index contributed by atoms with van der Waals surface area (Å²) in [6, 6.07) is 28.2. The molecule has 0 fully saturated rings. The number of hydrogen-bond donors (Lipinski definition) is 10. The summed E-state index contributed by atoms with van der Waals surface area (Å²) in [5.74, 6) is 0.408. The molecule has 1 aromatic heterocycles. The molecule has 0 saturated heterocycles. The third kappa shape index (κ3) is 15.2. The number of aliphatic hydroxyl groups excluding tert-OH is 6. The number of hydrogen-bond acceptors (Lipinski definition) is 13. The number of ether oxygens (including phenoxy) is 2. The summed E-state index contributed by atoms with van der Waals surface area (Å²) in [5, 5.41) is 72.4. The van der Waals surface area contributed by atoms with Crippen LogP contribution in [0.1, 0.15) is 101 Å². The van der Waals surface area contributed by atoms with Crippen LogP contribution >= 0.6 is 11.6 Å². The van der Waals surface area contributed by atoms with Crippen LogP contribution in [0, 0.1) is 0 Å². The molecular formula is C58H67ClN3O13S-. The molecule has 1 heterocycles. The van der Waals surface area contributed by atoms with E-state index in [1.54, 1.807) is 72.9 Å². The number of rotatable bonds is 16. The monoisotopic (exact) mass is 1080 g/mol. The van der Waals surface area contributed by atoms with Crippen LogP contribution in [-0.2, 0) is 75.0 Å². The van der Waals surface area contributed by atoms with E-state index in [2.05, 4.69) is 21.1 Å². The SMILES string of the molecule is C.C.COc1ccc(/C=C\c2cc(CO)c(CO)c(CO)c2)cc1O.COc1ccc2c(cc1=O)[C@@H](NC(C)=O)CCc1cc(CO)c(CO)c(CO)c1-2.O=S([O-])Nc1ccc(CCc2cccc3c(Cl)c[nH]c23)cc1. The molecule has 1 aliphatic carbocycles. The van der Waals surface area contributed by atoms with Gasteiger partial charge in [-0.15, -0.1) is 0 Å². The Bertz CT molecular complexity index is 3170. The van der Waals surface area contributed by atoms with Crippen LogP contribution in [0.15, 0.2) is 108 Å². The maximum Gasteiger partial charge on any atom is 0.220 e. The third-order valence-corrected chi connectivity index (χ3v) is 13.3. The summed E-state index contributed by atoms with van der Waals surface area (Å²) >= 11 is 3.85. The van der Waals surface area contributed by atoms with Crippen LogP contribution in [0.25, 0.3) is 34.2 Å². The Labute approximate surface area is 450 Å². The van der Waals surface area contributed by atoms with Gasteiger partial charge in [0.25, 0.3) is 0 Å². The fourth-order valence-electron chi connectivity index (χ4n) is 9.03. The van der Waals surface area contributed by atoms with E-state index in [9.17, 15) is 54.1 Å². The van der Waals surface area contributed by atoms with E-state index in [4.69, 9.17) is 21.1 Å². The molecule has 18 heteroatoms. The van der Waals surface area contributed by atoms with E-state index in [1.807, 2.05) is 30.3 Å². The van der Waals surface area contributed by atoms with Crippen LogP contribution in [-0.4, -0.2) is 69.6 Å². The second kappa shape index (κ2) is 29.4. The summed E-state index contributed by atoms with van der Waals surface area (Å²) in [5.41, 5.74) is 11.4. The van der Waals surface area contributed by atoms with Crippen molar-refractivity contribution in [3.8, 4) is 28.4 Å². The number of phenols is 1. The smallest absolute Gasteiger partial charge is 0.220 e. The van der Waals surface area contributed by atoms with Crippen LogP contribution in [0.2, 0.25) is 5.02 Å². The Morgan fingerprint density at radius 3 is 1.95 bits per heavy atom. The van der Waals surface area contributed by atoms with Crippen molar-refractivity contribution >= 4 is 57.5 Å². The minimum atomic E-state index is -2.29. The van der Waals surface area contributed by atoms with Gasteiger partial charge in [-0.3, -0.25) is 13.8 Å². The predicted octanol–water partition coefficient (Wildman–Crippen LogP) is 8.46. The topological polar surface area (TPSA) is 274 Å². The molecule has 1 amide bonds. The van der Waals surface area contributed by atoms with E-state index in [0.717, 1.165) is 51.0 Å². The number of aliphatic hydroxyl groups is 6. The lowest BCUT2D eigenvalue weighted by Gasteiger charge is -2.20. The summed E-state index contributed by atoms with van der Waals surface area (Å²) in [6.45, 7) is -0.176. The van der Waals surface area contributed by atoms with Gasteiger partial charge < -0.3 is 64.8 Å². The number of benzene rings is 5. The van der Waals surface area contributed by atoms with Gasteiger partial charge in [-0.25, -0.2) is 0 Å². The van der Waals surface area contributed by atoms with E-state index in [-0.39, 0.29) is 77.3 Å². The molecule has 16 nitrogen and oxygen atoms in total. The van der Waals surface area contributed by atoms with Crippen molar-refractivity contribution in [1.29, 1.82) is 0 Å². The molecule has 10 N–H and O–H groups in total. The summed E-state index contributed by atoms with van der Waals surface area (Å²) < 4.78 is 33.6. The van der Waals surface area contributed by atoms with Crippen LogP contribution < -0.4 is 24.9 Å². The fraction of sp³-hybridized carbons (Fsp3) is 0.276. The second-order valence-corrected chi connectivity index (χ2v) is 18.2. The lowest BCUT2D eigenvalue weighted by atomic mass is 9.87. The highest BCUT2D eigenvalue weighted by atomic mass is 35.5. The van der Waals surface area contributed by atoms with Gasteiger partial charge in [0, 0.05) is 35.5 Å². The molecule has 0 radical (unpaired) electrons. The molecule has 6 aromatic carbocycles. The van der Waals surface area contributed by atoms with Crippen molar-refractivity contribution in [2.45, 2.75) is 93.1 Å². The van der Waals surface area contributed by atoms with Crippen LogP contribution in [0.3, 0.4) is 0 Å². The highest BCUT2D eigenvalue weighted by Gasteiger charge is 2.27. The van der Waals surface area contributed by atoms with Crippen molar-refractivity contribution in [3.63, 3.8) is 0 Å². The molecular weight excluding hydrogens is 1010 g/mol. The van der Waals surface area contributed by atoms with Crippen molar-refractivity contribution < 1.29 is 58.8 Å². The van der Waals surface area contributed by atoms with Gasteiger partial charge in [0.15, 0.2) is 17.2 Å². The average molecular weight is 1080 g/mol. The van der Waals surface area contributed by atoms with Crippen molar-refractivity contribution in [2.75, 3.05) is 18.9 Å². The molecule has 1 unspecified atom stereocenters. The number of para-hydroxylation sites is 1. The molecule has 7 aromatic rings. The molecule has 0 aliphatic heterocycles. The number of nitrogens with one attached hydrogen (secondary N) is 3. The zero-order valence-corrected chi connectivity index (χ0v) is 42.6. The molecule has 0 bridgehead atoms. The highest BCUT2D eigenvalue weighted by molar-refractivity contribution is 7.80. The number of aromatic nitrogens is 1. The van der Waals surface area contributed by atoms with Crippen molar-refractivity contribution in [2.24, 2.45) is 0 Å². The van der Waals surface area contributed by atoms with E-state index in [1.165, 1.54) is 32.8 Å². The highest BCUT2D eigenvalue weighted by Crippen LogP contribution is 2.41. The number of phenolic OH excluding ortho intramolecular Hbond substituents is 1. The summed E-state index contributed by atoms with van der Waals surface area (Å²) in [4.78, 5) is 27.6. The van der Waals surface area contributed by atoms with Gasteiger partial charge in [0.05, 0.1) is 70.4 Å². The Kier molecular flexibility index (Phi) is 23.9. The lowest BCUT2D eigenvalue weighted by molar-refractivity contribution is -0.119. The van der Waals surface area contributed by atoms with Crippen molar-refractivity contribution in [3.05, 3.63) is 185 Å². The molecule has 1 aliphatic rings. The number of H-pyrrole nitrogens is 1. The first-order chi connectivity index (χ1) is 35.7. The number of carbonyl (C=O) groups is 1. The minimum absolute atomic E-state index is 0. The van der Waals surface area contributed by atoms with Crippen LogP contribution in [0.5, 0.6) is 17.2 Å². The fourth-order valence-corrected chi connectivity index (χ4v) is 9.57. The number of aromatic amines is 1. The minimum Gasteiger partial charge on any atom is -0.755 e.